The number of halogens is 2. The third kappa shape index (κ3) is 4.27. The third-order valence-corrected chi connectivity index (χ3v) is 4.95. The first-order valence-corrected chi connectivity index (χ1v) is 8.95. The van der Waals surface area contributed by atoms with E-state index in [9.17, 15) is 13.6 Å². The van der Waals surface area contributed by atoms with Gasteiger partial charge in [0.05, 0.1) is 19.8 Å². The molecule has 0 amide bonds. The molecule has 1 aliphatic heterocycles. The third-order valence-electron chi connectivity index (χ3n) is 4.95. The minimum atomic E-state index is -0.673. The Balaban J connectivity index is 1.75. The van der Waals surface area contributed by atoms with Gasteiger partial charge in [0.1, 0.15) is 11.6 Å². The van der Waals surface area contributed by atoms with Crippen LogP contribution in [0.25, 0.3) is 0 Å². The molecule has 144 valence electrons. The summed E-state index contributed by atoms with van der Waals surface area (Å²) in [6, 6.07) is 8.70. The standard InChI is InChI=1S/C21H23F2NO3/c1-26-19-7-3-5-15(21(19)27-2)13-24-10-4-6-14(12-24)20(25)17-11-16(22)8-9-18(17)23/h3,5,7-9,11,14H,4,6,10,12-13H2,1-2H3. The highest BCUT2D eigenvalue weighted by Gasteiger charge is 2.29. The maximum atomic E-state index is 14.0. The molecule has 0 aliphatic carbocycles. The fourth-order valence-corrected chi connectivity index (χ4v) is 3.64. The Morgan fingerprint density at radius 2 is 2.00 bits per heavy atom. The Labute approximate surface area is 157 Å². The van der Waals surface area contributed by atoms with Crippen molar-refractivity contribution in [1.29, 1.82) is 0 Å². The van der Waals surface area contributed by atoms with Gasteiger partial charge in [-0.3, -0.25) is 9.69 Å². The lowest BCUT2D eigenvalue weighted by Gasteiger charge is -2.32. The highest BCUT2D eigenvalue weighted by atomic mass is 19.1. The topological polar surface area (TPSA) is 38.8 Å². The molecule has 6 heteroatoms. The van der Waals surface area contributed by atoms with E-state index in [-0.39, 0.29) is 17.3 Å². The second kappa shape index (κ2) is 8.48. The van der Waals surface area contributed by atoms with Crippen LogP contribution in [0.4, 0.5) is 8.78 Å². The zero-order valence-electron chi connectivity index (χ0n) is 15.5. The number of ether oxygens (including phenoxy) is 2. The number of piperidine rings is 1. The Hall–Kier alpha value is -2.47. The van der Waals surface area contributed by atoms with Gasteiger partial charge in [0.15, 0.2) is 17.3 Å². The second-order valence-electron chi connectivity index (χ2n) is 6.72. The van der Waals surface area contributed by atoms with E-state index in [1.54, 1.807) is 14.2 Å². The van der Waals surface area contributed by atoms with Crippen LogP contribution in [0.2, 0.25) is 0 Å². The van der Waals surface area contributed by atoms with E-state index in [2.05, 4.69) is 4.90 Å². The summed E-state index contributed by atoms with van der Waals surface area (Å²) in [5.74, 6) is -0.645. The largest absolute Gasteiger partial charge is 0.493 e. The lowest BCUT2D eigenvalue weighted by atomic mass is 9.89. The summed E-state index contributed by atoms with van der Waals surface area (Å²) in [4.78, 5) is 14.9. The van der Waals surface area contributed by atoms with Gasteiger partial charge in [-0.25, -0.2) is 8.78 Å². The van der Waals surface area contributed by atoms with Crippen molar-refractivity contribution in [2.24, 2.45) is 5.92 Å². The van der Waals surface area contributed by atoms with Crippen molar-refractivity contribution in [2.45, 2.75) is 19.4 Å². The van der Waals surface area contributed by atoms with Crippen LogP contribution in [0.5, 0.6) is 11.5 Å². The maximum Gasteiger partial charge on any atom is 0.170 e. The number of rotatable bonds is 6. The summed E-state index contributed by atoms with van der Waals surface area (Å²) in [5, 5.41) is 0. The number of ketones is 1. The Bertz CT molecular complexity index is 825. The van der Waals surface area contributed by atoms with E-state index in [0.29, 0.717) is 31.0 Å². The molecular weight excluding hydrogens is 352 g/mol. The number of para-hydroxylation sites is 1. The van der Waals surface area contributed by atoms with Gasteiger partial charge in [0, 0.05) is 24.6 Å². The van der Waals surface area contributed by atoms with Crippen LogP contribution >= 0.6 is 0 Å². The van der Waals surface area contributed by atoms with E-state index in [4.69, 9.17) is 9.47 Å². The molecule has 27 heavy (non-hydrogen) atoms. The summed E-state index contributed by atoms with van der Waals surface area (Å²) in [6.07, 6.45) is 1.49. The first-order chi connectivity index (χ1) is 13.0. The van der Waals surface area contributed by atoms with Gasteiger partial charge >= 0.3 is 0 Å². The van der Waals surface area contributed by atoms with Crippen molar-refractivity contribution in [3.05, 3.63) is 59.2 Å². The quantitative estimate of drug-likeness (QED) is 0.714. The molecule has 1 heterocycles. The van der Waals surface area contributed by atoms with Crippen LogP contribution in [-0.2, 0) is 6.54 Å². The highest BCUT2D eigenvalue weighted by Crippen LogP contribution is 2.32. The fourth-order valence-electron chi connectivity index (χ4n) is 3.64. The molecule has 3 rings (SSSR count). The van der Waals surface area contributed by atoms with Crippen molar-refractivity contribution in [2.75, 3.05) is 27.3 Å². The number of carbonyl (C=O) groups is 1. The minimum Gasteiger partial charge on any atom is -0.493 e. The zero-order chi connectivity index (χ0) is 19.4. The SMILES string of the molecule is COc1cccc(CN2CCCC(C(=O)c3cc(F)ccc3F)C2)c1OC. The molecule has 0 saturated carbocycles. The predicted octanol–water partition coefficient (Wildman–Crippen LogP) is 4.08. The molecule has 0 N–H and O–H groups in total. The molecule has 0 bridgehead atoms. The molecule has 2 aromatic carbocycles. The monoisotopic (exact) mass is 375 g/mol. The summed E-state index contributed by atoms with van der Waals surface area (Å²) in [6.45, 7) is 1.92. The second-order valence-corrected chi connectivity index (χ2v) is 6.72. The fraction of sp³-hybridized carbons (Fsp3) is 0.381. The molecule has 4 nitrogen and oxygen atoms in total. The van der Waals surface area contributed by atoms with Crippen molar-refractivity contribution < 1.29 is 23.0 Å². The average Bonchev–Trinajstić information content (AvgIpc) is 2.69. The molecule has 1 atom stereocenters. The molecular formula is C21H23F2NO3. The van der Waals surface area contributed by atoms with E-state index in [1.165, 1.54) is 0 Å². The van der Waals surface area contributed by atoms with Gasteiger partial charge in [-0.15, -0.1) is 0 Å². The summed E-state index contributed by atoms with van der Waals surface area (Å²) in [5.41, 5.74) is 0.794. The van der Waals surface area contributed by atoms with E-state index >= 15 is 0 Å². The molecule has 0 radical (unpaired) electrons. The van der Waals surface area contributed by atoms with E-state index in [1.807, 2.05) is 18.2 Å². The number of hydrogen-bond acceptors (Lipinski definition) is 4. The van der Waals surface area contributed by atoms with Crippen molar-refractivity contribution in [1.82, 2.24) is 4.90 Å². The molecule has 1 saturated heterocycles. The number of hydrogen-bond donors (Lipinski definition) is 0. The Kier molecular flexibility index (Phi) is 6.06. The summed E-state index contributed by atoms with van der Waals surface area (Å²) in [7, 11) is 3.18. The summed E-state index contributed by atoms with van der Waals surface area (Å²) < 4.78 is 38.2. The predicted molar refractivity (Wildman–Crippen MR) is 98.2 cm³/mol. The van der Waals surface area contributed by atoms with Gasteiger partial charge in [-0.2, -0.15) is 0 Å². The average molecular weight is 375 g/mol. The van der Waals surface area contributed by atoms with Crippen molar-refractivity contribution >= 4 is 5.78 Å². The molecule has 0 spiro atoms. The molecule has 2 aromatic rings. The molecule has 1 aliphatic rings. The minimum absolute atomic E-state index is 0.166. The number of benzene rings is 2. The number of methoxy groups -OCH3 is 2. The Morgan fingerprint density at radius 3 is 2.74 bits per heavy atom. The summed E-state index contributed by atoms with van der Waals surface area (Å²) >= 11 is 0. The number of likely N-dealkylation sites (tertiary alicyclic amines) is 1. The van der Waals surface area contributed by atoms with Crippen LogP contribution in [0.1, 0.15) is 28.8 Å². The number of nitrogens with zero attached hydrogens (tertiary/aromatic N) is 1. The molecule has 1 fully saturated rings. The lowest BCUT2D eigenvalue weighted by molar-refractivity contribution is 0.0806. The smallest absolute Gasteiger partial charge is 0.170 e. The van der Waals surface area contributed by atoms with Crippen LogP contribution in [0, 0.1) is 17.6 Å². The van der Waals surface area contributed by atoms with Crippen molar-refractivity contribution in [3.8, 4) is 11.5 Å². The van der Waals surface area contributed by atoms with Crippen LogP contribution in [-0.4, -0.2) is 38.0 Å². The molecule has 1 unspecified atom stereocenters. The van der Waals surface area contributed by atoms with Gasteiger partial charge in [-0.05, 0) is 43.7 Å². The van der Waals surface area contributed by atoms with Crippen LogP contribution < -0.4 is 9.47 Å². The van der Waals surface area contributed by atoms with Gasteiger partial charge in [0.2, 0.25) is 0 Å². The maximum absolute atomic E-state index is 14.0. The zero-order valence-corrected chi connectivity index (χ0v) is 15.5. The number of carbonyl (C=O) groups excluding carboxylic acids is 1. The van der Waals surface area contributed by atoms with Gasteiger partial charge in [-0.1, -0.05) is 12.1 Å². The van der Waals surface area contributed by atoms with E-state index < -0.39 is 11.6 Å². The van der Waals surface area contributed by atoms with Crippen LogP contribution in [0.3, 0.4) is 0 Å². The van der Waals surface area contributed by atoms with Gasteiger partial charge in [0.25, 0.3) is 0 Å². The van der Waals surface area contributed by atoms with Gasteiger partial charge < -0.3 is 9.47 Å². The lowest BCUT2D eigenvalue weighted by Crippen LogP contribution is -2.38. The first-order valence-electron chi connectivity index (χ1n) is 8.95. The Morgan fingerprint density at radius 1 is 1.19 bits per heavy atom. The van der Waals surface area contributed by atoms with Crippen molar-refractivity contribution in [3.63, 3.8) is 0 Å². The number of Topliss-reactive ketones (excluding diaryl/α,β-unsaturated/α-hetero) is 1. The molecule has 0 aromatic heterocycles. The van der Waals surface area contributed by atoms with Crippen LogP contribution in [0.15, 0.2) is 36.4 Å². The first kappa shape index (κ1) is 19.3. The highest BCUT2D eigenvalue weighted by molar-refractivity contribution is 5.98. The van der Waals surface area contributed by atoms with E-state index in [0.717, 1.165) is 36.7 Å². The normalized spacial score (nSPS) is 17.6.